The molecular formula is C16H21FN2O3S. The molecule has 7 heteroatoms. The van der Waals surface area contributed by atoms with E-state index >= 15 is 0 Å². The summed E-state index contributed by atoms with van der Waals surface area (Å²) in [5, 5.41) is 0. The second-order valence-electron chi connectivity index (χ2n) is 6.25. The van der Waals surface area contributed by atoms with Gasteiger partial charge in [0.05, 0.1) is 17.5 Å². The summed E-state index contributed by atoms with van der Waals surface area (Å²) in [4.78, 5) is 16.6. The lowest BCUT2D eigenvalue weighted by molar-refractivity contribution is 0.0333. The number of piperazine rings is 1. The third kappa shape index (κ3) is 3.26. The number of benzene rings is 1. The van der Waals surface area contributed by atoms with Gasteiger partial charge < -0.3 is 4.90 Å². The minimum absolute atomic E-state index is 0.0187. The molecule has 1 aromatic carbocycles. The lowest BCUT2D eigenvalue weighted by Crippen LogP contribution is -2.60. The van der Waals surface area contributed by atoms with Gasteiger partial charge in [0.25, 0.3) is 5.91 Å². The predicted octanol–water partition coefficient (Wildman–Crippen LogP) is 1.16. The van der Waals surface area contributed by atoms with E-state index in [0.717, 1.165) is 13.0 Å². The molecule has 2 aliphatic rings. The molecule has 0 unspecified atom stereocenters. The molecule has 0 aromatic heterocycles. The van der Waals surface area contributed by atoms with Crippen LogP contribution in [0.25, 0.3) is 0 Å². The first-order valence-corrected chi connectivity index (χ1v) is 9.74. The Kier molecular flexibility index (Phi) is 4.42. The van der Waals surface area contributed by atoms with Gasteiger partial charge in [-0.05, 0) is 37.2 Å². The monoisotopic (exact) mass is 340 g/mol. The topological polar surface area (TPSA) is 57.7 Å². The minimum atomic E-state index is -3.13. The first-order valence-electron chi connectivity index (χ1n) is 7.92. The number of carbonyl (C=O) groups is 1. The number of amides is 1. The molecule has 0 aliphatic carbocycles. The molecule has 0 bridgehead atoms. The molecule has 2 heterocycles. The van der Waals surface area contributed by atoms with Crippen molar-refractivity contribution in [1.29, 1.82) is 0 Å². The maximum atomic E-state index is 13.0. The van der Waals surface area contributed by atoms with Crippen LogP contribution in [0.4, 0.5) is 4.39 Å². The SMILES string of the molecule is CCCN1CCN(C(=O)c2ccc(F)cc2)[C@H]2CS(=O)(=O)C[C@H]21. The fraction of sp³-hybridized carbons (Fsp3) is 0.562. The standard InChI is InChI=1S/C16H21FN2O3S/c1-2-7-18-8-9-19(15-11-23(21,22)10-14(15)18)16(20)12-3-5-13(17)6-4-12/h3-6,14-15H,2,7-11H2,1H3/t14-,15+/m1/s1. The quantitative estimate of drug-likeness (QED) is 0.829. The maximum Gasteiger partial charge on any atom is 0.254 e. The van der Waals surface area contributed by atoms with Crippen molar-refractivity contribution in [3.8, 4) is 0 Å². The Labute approximate surface area is 136 Å². The summed E-state index contributed by atoms with van der Waals surface area (Å²) in [6, 6.07) is 4.98. The Hall–Kier alpha value is -1.47. The summed E-state index contributed by atoms with van der Waals surface area (Å²) >= 11 is 0. The molecule has 0 radical (unpaired) electrons. The highest BCUT2D eigenvalue weighted by Gasteiger charge is 2.47. The van der Waals surface area contributed by atoms with E-state index in [-0.39, 0.29) is 29.5 Å². The molecule has 0 saturated carbocycles. The number of sulfone groups is 1. The van der Waals surface area contributed by atoms with E-state index in [0.29, 0.717) is 18.7 Å². The molecule has 1 amide bonds. The highest BCUT2D eigenvalue weighted by Crippen LogP contribution is 2.28. The van der Waals surface area contributed by atoms with Crippen LogP contribution in [0, 0.1) is 5.82 Å². The molecule has 2 aliphatic heterocycles. The van der Waals surface area contributed by atoms with Crippen molar-refractivity contribution in [3.05, 3.63) is 35.6 Å². The number of rotatable bonds is 3. The van der Waals surface area contributed by atoms with Crippen LogP contribution in [0.3, 0.4) is 0 Å². The Morgan fingerprint density at radius 1 is 1.17 bits per heavy atom. The normalized spacial score (nSPS) is 27.0. The van der Waals surface area contributed by atoms with E-state index in [1.165, 1.54) is 24.3 Å². The van der Waals surface area contributed by atoms with E-state index in [2.05, 4.69) is 11.8 Å². The lowest BCUT2D eigenvalue weighted by Gasteiger charge is -2.43. The Balaban J connectivity index is 1.86. The van der Waals surface area contributed by atoms with Crippen LogP contribution >= 0.6 is 0 Å². The van der Waals surface area contributed by atoms with E-state index in [4.69, 9.17) is 0 Å². The molecule has 126 valence electrons. The highest BCUT2D eigenvalue weighted by atomic mass is 32.2. The van der Waals surface area contributed by atoms with Gasteiger partial charge in [-0.1, -0.05) is 6.92 Å². The van der Waals surface area contributed by atoms with Crippen LogP contribution in [0.15, 0.2) is 24.3 Å². The Bertz CT molecular complexity index is 690. The molecule has 0 spiro atoms. The number of nitrogens with zero attached hydrogens (tertiary/aromatic N) is 2. The van der Waals surface area contributed by atoms with Crippen LogP contribution < -0.4 is 0 Å². The summed E-state index contributed by atoms with van der Waals surface area (Å²) in [5.74, 6) is -0.473. The van der Waals surface area contributed by atoms with E-state index < -0.39 is 15.7 Å². The fourth-order valence-electron chi connectivity index (χ4n) is 3.60. The third-order valence-electron chi connectivity index (χ3n) is 4.65. The van der Waals surface area contributed by atoms with Gasteiger partial charge in [-0.3, -0.25) is 9.69 Å². The number of halogens is 1. The van der Waals surface area contributed by atoms with Crippen molar-refractivity contribution in [2.45, 2.75) is 25.4 Å². The summed E-state index contributed by atoms with van der Waals surface area (Å²) in [6.45, 7) is 4.09. The lowest BCUT2D eigenvalue weighted by atomic mass is 10.0. The van der Waals surface area contributed by atoms with Gasteiger partial charge in [0.2, 0.25) is 0 Å². The summed E-state index contributed by atoms with van der Waals surface area (Å²) in [7, 11) is -3.13. The van der Waals surface area contributed by atoms with Crippen molar-refractivity contribution < 1.29 is 17.6 Å². The molecule has 2 atom stereocenters. The number of carbonyl (C=O) groups excluding carboxylic acids is 1. The van der Waals surface area contributed by atoms with Gasteiger partial charge >= 0.3 is 0 Å². The molecule has 1 aromatic rings. The minimum Gasteiger partial charge on any atom is -0.332 e. The summed E-state index contributed by atoms with van der Waals surface area (Å²) in [5.41, 5.74) is 0.401. The van der Waals surface area contributed by atoms with Gasteiger partial charge in [0.15, 0.2) is 9.84 Å². The van der Waals surface area contributed by atoms with Crippen LogP contribution in [0.5, 0.6) is 0 Å². The zero-order valence-electron chi connectivity index (χ0n) is 13.1. The van der Waals surface area contributed by atoms with Gasteiger partial charge in [0.1, 0.15) is 5.82 Å². The van der Waals surface area contributed by atoms with Crippen molar-refractivity contribution >= 4 is 15.7 Å². The van der Waals surface area contributed by atoms with Gasteiger partial charge in [-0.15, -0.1) is 0 Å². The van der Waals surface area contributed by atoms with Crippen molar-refractivity contribution in [2.75, 3.05) is 31.1 Å². The molecule has 0 N–H and O–H groups in total. The van der Waals surface area contributed by atoms with E-state index in [9.17, 15) is 17.6 Å². The van der Waals surface area contributed by atoms with Crippen LogP contribution in [-0.2, 0) is 9.84 Å². The fourth-order valence-corrected chi connectivity index (χ4v) is 5.61. The van der Waals surface area contributed by atoms with Gasteiger partial charge in [-0.2, -0.15) is 0 Å². The van der Waals surface area contributed by atoms with Crippen LogP contribution in [-0.4, -0.2) is 67.3 Å². The zero-order chi connectivity index (χ0) is 16.6. The number of hydrogen-bond donors (Lipinski definition) is 0. The third-order valence-corrected chi connectivity index (χ3v) is 6.35. The first kappa shape index (κ1) is 16.4. The molecule has 23 heavy (non-hydrogen) atoms. The second kappa shape index (κ2) is 6.20. The second-order valence-corrected chi connectivity index (χ2v) is 8.41. The van der Waals surface area contributed by atoms with Crippen molar-refractivity contribution in [1.82, 2.24) is 9.80 Å². The number of hydrogen-bond acceptors (Lipinski definition) is 4. The van der Waals surface area contributed by atoms with E-state index in [1.54, 1.807) is 4.90 Å². The Morgan fingerprint density at radius 3 is 2.48 bits per heavy atom. The molecule has 2 fully saturated rings. The molecule has 3 rings (SSSR count). The van der Waals surface area contributed by atoms with Crippen molar-refractivity contribution in [3.63, 3.8) is 0 Å². The molecule has 5 nitrogen and oxygen atoms in total. The van der Waals surface area contributed by atoms with Gasteiger partial charge in [0, 0.05) is 24.7 Å². The average Bonchev–Trinajstić information content (AvgIpc) is 2.83. The predicted molar refractivity (Wildman–Crippen MR) is 85.5 cm³/mol. The summed E-state index contributed by atoms with van der Waals surface area (Å²) < 4.78 is 37.2. The van der Waals surface area contributed by atoms with Crippen LogP contribution in [0.2, 0.25) is 0 Å². The first-order chi connectivity index (χ1) is 10.9. The molecular weight excluding hydrogens is 319 g/mol. The summed E-state index contributed by atoms with van der Waals surface area (Å²) in [6.07, 6.45) is 0.954. The van der Waals surface area contributed by atoms with Crippen molar-refractivity contribution in [2.24, 2.45) is 0 Å². The smallest absolute Gasteiger partial charge is 0.254 e. The number of fused-ring (bicyclic) bond motifs is 1. The average molecular weight is 340 g/mol. The zero-order valence-corrected chi connectivity index (χ0v) is 13.9. The maximum absolute atomic E-state index is 13.0. The van der Waals surface area contributed by atoms with Crippen LogP contribution in [0.1, 0.15) is 23.7 Å². The van der Waals surface area contributed by atoms with E-state index in [1.807, 2.05) is 0 Å². The Morgan fingerprint density at radius 2 is 1.83 bits per heavy atom. The van der Waals surface area contributed by atoms with Gasteiger partial charge in [-0.25, -0.2) is 12.8 Å². The molecule has 2 saturated heterocycles. The highest BCUT2D eigenvalue weighted by molar-refractivity contribution is 7.91. The largest absolute Gasteiger partial charge is 0.332 e.